The zero-order valence-electron chi connectivity index (χ0n) is 12.2. The molecule has 0 saturated heterocycles. The molecule has 0 aliphatic heterocycles. The molecule has 0 fully saturated rings. The van der Waals surface area contributed by atoms with Gasteiger partial charge in [-0.1, -0.05) is 6.07 Å². The third-order valence-electron chi connectivity index (χ3n) is 2.39. The van der Waals surface area contributed by atoms with Crippen molar-refractivity contribution < 1.29 is 28.2 Å². The second-order valence-electron chi connectivity index (χ2n) is 4.22. The van der Waals surface area contributed by atoms with E-state index < -0.39 is 30.3 Å². The lowest BCUT2D eigenvalue weighted by Crippen LogP contribution is -2.20. The number of hydrogen-bond donors (Lipinski definition) is 1. The van der Waals surface area contributed by atoms with Crippen LogP contribution in [0, 0.1) is 12.7 Å². The second-order valence-corrected chi connectivity index (χ2v) is 4.22. The van der Waals surface area contributed by atoms with E-state index in [1.807, 2.05) is 0 Å². The highest BCUT2D eigenvalue weighted by Crippen LogP contribution is 2.14. The Bertz CT molecular complexity index is 598. The Kier molecular flexibility index (Phi) is 6.75. The highest BCUT2D eigenvalue weighted by Gasteiger charge is 2.09. The summed E-state index contributed by atoms with van der Waals surface area (Å²) in [7, 11) is 0. The number of anilines is 1. The van der Waals surface area contributed by atoms with E-state index in [-0.39, 0.29) is 12.3 Å². The first-order valence-corrected chi connectivity index (χ1v) is 6.50. The van der Waals surface area contributed by atoms with Crippen LogP contribution in [0.1, 0.15) is 12.5 Å². The second kappa shape index (κ2) is 8.56. The zero-order chi connectivity index (χ0) is 16.5. The number of carbonyl (C=O) groups is 3. The van der Waals surface area contributed by atoms with Gasteiger partial charge in [-0.05, 0) is 31.5 Å². The highest BCUT2D eigenvalue weighted by molar-refractivity contribution is 5.95. The van der Waals surface area contributed by atoms with Crippen molar-refractivity contribution in [3.8, 4) is 0 Å². The molecule has 22 heavy (non-hydrogen) atoms. The Labute approximate surface area is 126 Å². The molecule has 0 spiro atoms. The van der Waals surface area contributed by atoms with Crippen molar-refractivity contribution in [1.82, 2.24) is 0 Å². The predicted molar refractivity (Wildman–Crippen MR) is 76.5 cm³/mol. The van der Waals surface area contributed by atoms with Gasteiger partial charge in [0.05, 0.1) is 12.3 Å². The van der Waals surface area contributed by atoms with Gasteiger partial charge in [0.15, 0.2) is 6.61 Å². The summed E-state index contributed by atoms with van der Waals surface area (Å²) >= 11 is 0. The van der Waals surface area contributed by atoms with E-state index in [0.29, 0.717) is 5.56 Å². The molecule has 0 heterocycles. The van der Waals surface area contributed by atoms with Gasteiger partial charge in [-0.25, -0.2) is 14.0 Å². The van der Waals surface area contributed by atoms with Crippen LogP contribution in [0.2, 0.25) is 0 Å². The third-order valence-corrected chi connectivity index (χ3v) is 2.39. The molecule has 0 aromatic heterocycles. The van der Waals surface area contributed by atoms with Gasteiger partial charge in [0, 0.05) is 12.2 Å². The van der Waals surface area contributed by atoms with Crippen molar-refractivity contribution in [2.45, 2.75) is 13.8 Å². The Balaban J connectivity index is 2.42. The van der Waals surface area contributed by atoms with E-state index in [0.717, 1.165) is 12.2 Å². The topological polar surface area (TPSA) is 81.7 Å². The Morgan fingerprint density at radius 2 is 1.82 bits per heavy atom. The molecule has 0 saturated carbocycles. The molecule has 7 heteroatoms. The van der Waals surface area contributed by atoms with Crippen LogP contribution in [0.25, 0.3) is 0 Å². The Morgan fingerprint density at radius 1 is 1.18 bits per heavy atom. The molecule has 1 aromatic rings. The van der Waals surface area contributed by atoms with Gasteiger partial charge in [0.25, 0.3) is 5.91 Å². The quantitative estimate of drug-likeness (QED) is 0.639. The summed E-state index contributed by atoms with van der Waals surface area (Å²) < 4.78 is 22.7. The maximum absolute atomic E-state index is 13.5. The first-order valence-electron chi connectivity index (χ1n) is 6.50. The summed E-state index contributed by atoms with van der Waals surface area (Å²) in [4.78, 5) is 33.7. The van der Waals surface area contributed by atoms with Crippen LogP contribution >= 0.6 is 0 Å². The first-order chi connectivity index (χ1) is 10.4. The van der Waals surface area contributed by atoms with E-state index in [9.17, 15) is 18.8 Å². The van der Waals surface area contributed by atoms with Gasteiger partial charge in [-0.3, -0.25) is 4.79 Å². The van der Waals surface area contributed by atoms with Crippen LogP contribution in [0.4, 0.5) is 10.1 Å². The SMILES string of the molecule is CCOC(=O)/C=C/C(=O)OCC(=O)Nc1ccc(C)cc1F. The molecule has 0 bridgehead atoms. The molecule has 1 aromatic carbocycles. The van der Waals surface area contributed by atoms with Gasteiger partial charge < -0.3 is 14.8 Å². The lowest BCUT2D eigenvalue weighted by Gasteiger charge is -2.07. The molecule has 1 N–H and O–H groups in total. The van der Waals surface area contributed by atoms with Gasteiger partial charge in [0.1, 0.15) is 5.82 Å². The van der Waals surface area contributed by atoms with Crippen molar-refractivity contribution >= 4 is 23.5 Å². The maximum atomic E-state index is 13.5. The number of benzene rings is 1. The summed E-state index contributed by atoms with van der Waals surface area (Å²) in [6.07, 6.45) is 1.74. The molecule has 6 nitrogen and oxygen atoms in total. The summed E-state index contributed by atoms with van der Waals surface area (Å²) in [6, 6.07) is 4.31. The molecule has 1 rings (SSSR count). The average molecular weight is 309 g/mol. The third kappa shape index (κ3) is 6.17. The van der Waals surface area contributed by atoms with Crippen LogP contribution in [-0.4, -0.2) is 31.1 Å². The van der Waals surface area contributed by atoms with Crippen LogP contribution in [-0.2, 0) is 23.9 Å². The highest BCUT2D eigenvalue weighted by atomic mass is 19.1. The van der Waals surface area contributed by atoms with Crippen molar-refractivity contribution in [3.63, 3.8) is 0 Å². The largest absolute Gasteiger partial charge is 0.463 e. The Hall–Kier alpha value is -2.70. The monoisotopic (exact) mass is 309 g/mol. The minimum atomic E-state index is -0.882. The zero-order valence-corrected chi connectivity index (χ0v) is 12.2. The standard InChI is InChI=1S/C15H16FNO5/c1-3-21-14(19)6-7-15(20)22-9-13(18)17-12-5-4-10(2)8-11(12)16/h4-8H,3,9H2,1-2H3,(H,17,18)/b7-6+. The van der Waals surface area contributed by atoms with Crippen LogP contribution < -0.4 is 5.32 Å². The van der Waals surface area contributed by atoms with E-state index in [1.54, 1.807) is 19.9 Å². The van der Waals surface area contributed by atoms with Crippen molar-refractivity contribution in [3.05, 3.63) is 41.7 Å². The van der Waals surface area contributed by atoms with Gasteiger partial charge in [-0.15, -0.1) is 0 Å². The molecule has 0 unspecified atom stereocenters. The molecule has 118 valence electrons. The van der Waals surface area contributed by atoms with E-state index in [1.165, 1.54) is 12.1 Å². The van der Waals surface area contributed by atoms with E-state index in [4.69, 9.17) is 0 Å². The normalized spacial score (nSPS) is 10.3. The van der Waals surface area contributed by atoms with E-state index >= 15 is 0 Å². The fraction of sp³-hybridized carbons (Fsp3) is 0.267. The number of hydrogen-bond acceptors (Lipinski definition) is 5. The predicted octanol–water partition coefficient (Wildman–Crippen LogP) is 1.74. The maximum Gasteiger partial charge on any atom is 0.331 e. The number of rotatable bonds is 6. The first kappa shape index (κ1) is 17.4. The average Bonchev–Trinajstić information content (AvgIpc) is 2.46. The summed E-state index contributed by atoms with van der Waals surface area (Å²) in [5, 5.41) is 2.27. The van der Waals surface area contributed by atoms with Crippen LogP contribution in [0.5, 0.6) is 0 Å². The lowest BCUT2D eigenvalue weighted by molar-refractivity contribution is -0.143. The minimum absolute atomic E-state index is 0.00582. The van der Waals surface area contributed by atoms with Gasteiger partial charge in [-0.2, -0.15) is 0 Å². The molecule has 1 amide bonds. The molecule has 0 atom stereocenters. The fourth-order valence-corrected chi connectivity index (χ4v) is 1.42. The summed E-state index contributed by atoms with van der Waals surface area (Å²) in [5.41, 5.74) is 0.708. The number of nitrogens with one attached hydrogen (secondary N) is 1. The van der Waals surface area contributed by atoms with Crippen molar-refractivity contribution in [1.29, 1.82) is 0 Å². The van der Waals surface area contributed by atoms with Gasteiger partial charge in [0.2, 0.25) is 0 Å². The number of esters is 2. The lowest BCUT2D eigenvalue weighted by atomic mass is 10.2. The summed E-state index contributed by atoms with van der Waals surface area (Å²) in [6.45, 7) is 2.92. The Morgan fingerprint density at radius 3 is 2.41 bits per heavy atom. The molecular weight excluding hydrogens is 293 g/mol. The number of carbonyl (C=O) groups excluding carboxylic acids is 3. The number of aryl methyl sites for hydroxylation is 1. The van der Waals surface area contributed by atoms with Crippen molar-refractivity contribution in [2.24, 2.45) is 0 Å². The molecule has 0 aliphatic rings. The number of ether oxygens (including phenoxy) is 2. The molecule has 0 aliphatic carbocycles. The number of halogens is 1. The molecule has 0 radical (unpaired) electrons. The molecular formula is C15H16FNO5. The van der Waals surface area contributed by atoms with Crippen LogP contribution in [0.3, 0.4) is 0 Å². The fourth-order valence-electron chi connectivity index (χ4n) is 1.42. The smallest absolute Gasteiger partial charge is 0.331 e. The minimum Gasteiger partial charge on any atom is -0.463 e. The summed E-state index contributed by atoms with van der Waals surface area (Å²) in [5.74, 6) is -2.85. The van der Waals surface area contributed by atoms with Crippen molar-refractivity contribution in [2.75, 3.05) is 18.5 Å². The van der Waals surface area contributed by atoms with Gasteiger partial charge >= 0.3 is 11.9 Å². The van der Waals surface area contributed by atoms with Crippen LogP contribution in [0.15, 0.2) is 30.4 Å². The van der Waals surface area contributed by atoms with E-state index in [2.05, 4.69) is 14.8 Å². The number of amides is 1.